The molecule has 0 bridgehead atoms. The molecule has 0 saturated heterocycles. The summed E-state index contributed by atoms with van der Waals surface area (Å²) in [7, 11) is 0. The molecule has 33 heavy (non-hydrogen) atoms. The van der Waals surface area contributed by atoms with E-state index < -0.39 is 0 Å². The van der Waals surface area contributed by atoms with Crippen LogP contribution >= 0.6 is 11.8 Å². The molecule has 1 heterocycles. The zero-order chi connectivity index (χ0) is 23.4. The molecule has 0 aliphatic carbocycles. The van der Waals surface area contributed by atoms with E-state index in [0.29, 0.717) is 34.3 Å². The van der Waals surface area contributed by atoms with E-state index in [2.05, 4.69) is 0 Å². The summed E-state index contributed by atoms with van der Waals surface area (Å²) in [4.78, 5) is 29.0. The van der Waals surface area contributed by atoms with E-state index in [4.69, 9.17) is 4.74 Å². The van der Waals surface area contributed by atoms with E-state index in [0.717, 1.165) is 28.7 Å². The van der Waals surface area contributed by atoms with Crippen molar-refractivity contribution in [2.24, 2.45) is 0 Å². The van der Waals surface area contributed by atoms with Crippen molar-refractivity contribution in [1.29, 1.82) is 0 Å². The smallest absolute Gasteiger partial charge is 0.272 e. The van der Waals surface area contributed by atoms with Gasteiger partial charge in [-0.3, -0.25) is 9.59 Å². The topological polar surface area (TPSA) is 46.6 Å². The van der Waals surface area contributed by atoms with Gasteiger partial charge in [-0.05, 0) is 54.7 Å². The molecule has 3 aromatic rings. The molecule has 168 valence electrons. The summed E-state index contributed by atoms with van der Waals surface area (Å²) in [6.45, 7) is 6.67. The monoisotopic (exact) mass is 457 g/mol. The number of carbonyl (C=O) groups excluding carboxylic acids is 2. The fraction of sp³-hybridized carbons (Fsp3) is 0.214. The number of imide groups is 1. The molecule has 0 saturated carbocycles. The lowest BCUT2D eigenvalue weighted by molar-refractivity contribution is -0.119. The zero-order valence-electron chi connectivity index (χ0n) is 19.1. The Hall–Kier alpha value is -3.31. The van der Waals surface area contributed by atoms with E-state index in [1.165, 1.54) is 16.7 Å². The average Bonchev–Trinajstić information content (AvgIpc) is 3.08. The first-order valence-electron chi connectivity index (χ1n) is 11.1. The van der Waals surface area contributed by atoms with Gasteiger partial charge in [0.05, 0.1) is 22.8 Å². The summed E-state index contributed by atoms with van der Waals surface area (Å²) < 4.78 is 5.73. The molecular weight excluding hydrogens is 430 g/mol. The molecule has 1 aliphatic rings. The Balaban J connectivity index is 1.73. The molecule has 0 N–H and O–H groups in total. The second kappa shape index (κ2) is 10.1. The Morgan fingerprint density at radius 2 is 1.64 bits per heavy atom. The molecule has 0 fully saturated rings. The minimum absolute atomic E-state index is 0.290. The maximum Gasteiger partial charge on any atom is 0.272 e. The van der Waals surface area contributed by atoms with Gasteiger partial charge in [-0.2, -0.15) is 0 Å². The number of amides is 2. The molecule has 1 aliphatic heterocycles. The second-order valence-corrected chi connectivity index (χ2v) is 9.05. The van der Waals surface area contributed by atoms with Gasteiger partial charge in [-0.1, -0.05) is 61.5 Å². The number of carbonyl (C=O) groups is 2. The first kappa shape index (κ1) is 22.9. The summed E-state index contributed by atoms with van der Waals surface area (Å²) in [5.74, 6) is 0.665. The molecule has 0 aromatic heterocycles. The highest BCUT2D eigenvalue weighted by Gasteiger charge is 2.40. The molecule has 5 heteroatoms. The van der Waals surface area contributed by atoms with Crippen molar-refractivity contribution >= 4 is 34.8 Å². The lowest BCUT2D eigenvalue weighted by atomic mass is 10.0. The number of ether oxygens (including phenoxy) is 1. The summed E-state index contributed by atoms with van der Waals surface area (Å²) in [5.41, 5.74) is 5.09. The van der Waals surface area contributed by atoms with Crippen molar-refractivity contribution in [3.05, 3.63) is 100.0 Å². The van der Waals surface area contributed by atoms with E-state index in [1.54, 1.807) is 12.1 Å². The normalized spacial score (nSPS) is 13.7. The molecule has 4 nitrogen and oxygen atoms in total. The predicted molar refractivity (Wildman–Crippen MR) is 135 cm³/mol. The fourth-order valence-corrected chi connectivity index (χ4v) is 4.76. The van der Waals surface area contributed by atoms with E-state index in [9.17, 15) is 9.59 Å². The van der Waals surface area contributed by atoms with Gasteiger partial charge in [-0.15, -0.1) is 11.8 Å². The number of anilines is 1. The highest BCUT2D eigenvalue weighted by Crippen LogP contribution is 2.40. The van der Waals surface area contributed by atoms with Crippen LogP contribution in [-0.2, 0) is 15.3 Å². The van der Waals surface area contributed by atoms with Crippen molar-refractivity contribution in [2.45, 2.75) is 32.9 Å². The summed E-state index contributed by atoms with van der Waals surface area (Å²) in [6.07, 6.45) is 0.880. The second-order valence-electron chi connectivity index (χ2n) is 8.07. The Kier molecular flexibility index (Phi) is 6.99. The molecule has 0 unspecified atom stereocenters. The van der Waals surface area contributed by atoms with E-state index in [-0.39, 0.29) is 11.8 Å². The number of benzene rings is 3. The van der Waals surface area contributed by atoms with Crippen LogP contribution in [-0.4, -0.2) is 18.4 Å². The van der Waals surface area contributed by atoms with Crippen LogP contribution in [0.15, 0.2) is 77.7 Å². The van der Waals surface area contributed by atoms with Crippen LogP contribution in [0.5, 0.6) is 5.75 Å². The number of hydrogen-bond acceptors (Lipinski definition) is 4. The summed E-state index contributed by atoms with van der Waals surface area (Å²) in [6, 6.07) is 23.1. The molecular formula is C28H27NO3S. The van der Waals surface area contributed by atoms with Crippen molar-refractivity contribution < 1.29 is 14.3 Å². The minimum Gasteiger partial charge on any atom is -0.494 e. The van der Waals surface area contributed by atoms with Crippen LogP contribution in [0.4, 0.5) is 5.69 Å². The zero-order valence-corrected chi connectivity index (χ0v) is 19.9. The third-order valence-electron chi connectivity index (χ3n) is 5.61. The van der Waals surface area contributed by atoms with Gasteiger partial charge in [0.2, 0.25) is 0 Å². The highest BCUT2D eigenvalue weighted by atomic mass is 32.2. The van der Waals surface area contributed by atoms with Gasteiger partial charge in [-0.25, -0.2) is 4.90 Å². The Morgan fingerprint density at radius 3 is 2.36 bits per heavy atom. The largest absolute Gasteiger partial charge is 0.494 e. The van der Waals surface area contributed by atoms with Crippen molar-refractivity contribution in [3.63, 3.8) is 0 Å². The number of thioether (sulfide) groups is 1. The number of nitrogens with zero attached hydrogens (tertiary/aromatic N) is 1. The lowest BCUT2D eigenvalue weighted by Crippen LogP contribution is -2.31. The van der Waals surface area contributed by atoms with Crippen LogP contribution in [0, 0.1) is 13.8 Å². The van der Waals surface area contributed by atoms with Crippen molar-refractivity contribution in [3.8, 4) is 5.75 Å². The number of aryl methyl sites for hydroxylation is 2. The van der Waals surface area contributed by atoms with Gasteiger partial charge in [0.15, 0.2) is 0 Å². The first-order valence-corrected chi connectivity index (χ1v) is 12.1. The Labute approximate surface area is 199 Å². The molecule has 0 spiro atoms. The first-order chi connectivity index (χ1) is 16.0. The SMILES string of the molecule is CCCOc1cccc(N2C(=O)C(SCc3ccccc3)=C(c3ccc(C)c(C)c3)C2=O)c1. The summed E-state index contributed by atoms with van der Waals surface area (Å²) >= 11 is 1.41. The van der Waals surface area contributed by atoms with Crippen LogP contribution in [0.1, 0.15) is 35.6 Å². The van der Waals surface area contributed by atoms with Crippen LogP contribution < -0.4 is 9.64 Å². The average molecular weight is 458 g/mol. The Morgan fingerprint density at radius 1 is 0.848 bits per heavy atom. The van der Waals surface area contributed by atoms with Crippen LogP contribution in [0.2, 0.25) is 0 Å². The van der Waals surface area contributed by atoms with Crippen LogP contribution in [0.25, 0.3) is 5.57 Å². The molecule has 3 aromatic carbocycles. The molecule has 0 atom stereocenters. The van der Waals surface area contributed by atoms with Crippen molar-refractivity contribution in [1.82, 2.24) is 0 Å². The predicted octanol–water partition coefficient (Wildman–Crippen LogP) is 6.31. The number of hydrogen-bond donors (Lipinski definition) is 0. The quantitative estimate of drug-likeness (QED) is 0.372. The Bertz CT molecular complexity index is 1220. The lowest BCUT2D eigenvalue weighted by Gasteiger charge is -2.16. The van der Waals surface area contributed by atoms with Crippen LogP contribution in [0.3, 0.4) is 0 Å². The molecule has 0 radical (unpaired) electrons. The third-order valence-corrected chi connectivity index (χ3v) is 6.76. The van der Waals surface area contributed by atoms with Gasteiger partial charge in [0.1, 0.15) is 5.75 Å². The number of rotatable bonds is 8. The van der Waals surface area contributed by atoms with Gasteiger partial charge < -0.3 is 4.74 Å². The minimum atomic E-state index is -0.300. The standard InChI is InChI=1S/C28H27NO3S/c1-4-15-32-24-12-8-11-23(17-24)29-27(30)25(22-14-13-19(2)20(3)16-22)26(28(29)31)33-18-21-9-6-5-7-10-21/h5-14,16-17H,4,15,18H2,1-3H3. The highest BCUT2D eigenvalue weighted by molar-refractivity contribution is 8.03. The van der Waals surface area contributed by atoms with Gasteiger partial charge in [0.25, 0.3) is 11.8 Å². The molecule has 4 rings (SSSR count). The maximum absolute atomic E-state index is 13.7. The third kappa shape index (κ3) is 4.88. The maximum atomic E-state index is 13.7. The van der Waals surface area contributed by atoms with E-state index >= 15 is 0 Å². The van der Waals surface area contributed by atoms with Crippen molar-refractivity contribution in [2.75, 3.05) is 11.5 Å². The fourth-order valence-electron chi connectivity index (χ4n) is 3.69. The van der Waals surface area contributed by atoms with Gasteiger partial charge in [0, 0.05) is 11.8 Å². The van der Waals surface area contributed by atoms with Gasteiger partial charge >= 0.3 is 0 Å². The molecule has 2 amide bonds. The van der Waals surface area contributed by atoms with E-state index in [1.807, 2.05) is 81.4 Å². The summed E-state index contributed by atoms with van der Waals surface area (Å²) in [5, 5.41) is 0.